The highest BCUT2D eigenvalue weighted by atomic mass is 35.5. The lowest BCUT2D eigenvalue weighted by atomic mass is 10.1. The highest BCUT2D eigenvalue weighted by molar-refractivity contribution is 7.99. The molecule has 152 valence electrons. The van der Waals surface area contributed by atoms with Crippen LogP contribution in [0.4, 0.5) is 5.69 Å². The smallest absolute Gasteiger partial charge is 0.234 e. The lowest BCUT2D eigenvalue weighted by Gasteiger charge is -2.11. The molecule has 1 amide bonds. The molecule has 0 unspecified atom stereocenters. The van der Waals surface area contributed by atoms with Crippen LogP contribution in [0.3, 0.4) is 0 Å². The molecule has 0 aliphatic rings. The Morgan fingerprint density at radius 2 is 1.83 bits per heavy atom. The van der Waals surface area contributed by atoms with E-state index in [1.165, 1.54) is 22.9 Å². The molecule has 3 aromatic carbocycles. The molecule has 6 heteroatoms. The van der Waals surface area contributed by atoms with Crippen molar-refractivity contribution in [3.63, 3.8) is 0 Å². The molecule has 0 radical (unpaired) electrons. The molecule has 0 saturated heterocycles. The Morgan fingerprint density at radius 1 is 1.07 bits per heavy atom. The quantitative estimate of drug-likeness (QED) is 0.373. The van der Waals surface area contributed by atoms with Crippen LogP contribution in [0.25, 0.3) is 11.0 Å². The van der Waals surface area contributed by atoms with Crippen LogP contribution in [-0.2, 0) is 11.3 Å². The molecule has 4 rings (SSSR count). The standard InChI is InChI=1S/C24H22ClN3OS/c1-16-11-12-20(19(25)13-16)26-23(29)15-30-24-27-21-9-5-6-10-22(21)28(24)14-18-8-4-3-7-17(18)2/h3-13H,14-15H2,1-2H3,(H,26,29). The average Bonchev–Trinajstić information content (AvgIpc) is 3.08. The number of amides is 1. The van der Waals surface area contributed by atoms with Crippen molar-refractivity contribution in [3.05, 3.63) is 88.4 Å². The van der Waals surface area contributed by atoms with E-state index in [4.69, 9.17) is 16.6 Å². The molecule has 0 fully saturated rings. The molecule has 1 aromatic heterocycles. The number of aromatic nitrogens is 2. The third kappa shape index (κ3) is 4.53. The summed E-state index contributed by atoms with van der Waals surface area (Å²) in [6.07, 6.45) is 0. The van der Waals surface area contributed by atoms with Crippen LogP contribution < -0.4 is 5.32 Å². The summed E-state index contributed by atoms with van der Waals surface area (Å²) in [5.41, 5.74) is 6.13. The van der Waals surface area contributed by atoms with Gasteiger partial charge >= 0.3 is 0 Å². The Kier molecular flexibility index (Phi) is 6.11. The number of fused-ring (bicyclic) bond motifs is 1. The van der Waals surface area contributed by atoms with Gasteiger partial charge in [0.1, 0.15) is 0 Å². The van der Waals surface area contributed by atoms with Crippen molar-refractivity contribution in [3.8, 4) is 0 Å². The number of nitrogens with one attached hydrogen (secondary N) is 1. The third-order valence-corrected chi connectivity index (χ3v) is 6.23. The monoisotopic (exact) mass is 435 g/mol. The molecular formula is C24H22ClN3OS. The molecule has 0 aliphatic carbocycles. The molecule has 1 N–H and O–H groups in total. The van der Waals surface area contributed by atoms with Crippen LogP contribution in [0.5, 0.6) is 0 Å². The topological polar surface area (TPSA) is 46.9 Å². The van der Waals surface area contributed by atoms with Crippen LogP contribution >= 0.6 is 23.4 Å². The van der Waals surface area contributed by atoms with Crippen molar-refractivity contribution in [2.75, 3.05) is 11.1 Å². The first kappa shape index (κ1) is 20.5. The van der Waals surface area contributed by atoms with E-state index in [9.17, 15) is 4.79 Å². The second kappa shape index (κ2) is 8.94. The molecule has 0 atom stereocenters. The maximum absolute atomic E-state index is 12.5. The van der Waals surface area contributed by atoms with E-state index in [1.807, 2.05) is 55.5 Å². The summed E-state index contributed by atoms with van der Waals surface area (Å²) in [7, 11) is 0. The molecule has 4 aromatic rings. The van der Waals surface area contributed by atoms with Gasteiger partial charge in [0.2, 0.25) is 5.91 Å². The highest BCUT2D eigenvalue weighted by Crippen LogP contribution is 2.27. The van der Waals surface area contributed by atoms with Crippen LogP contribution in [-0.4, -0.2) is 21.2 Å². The Morgan fingerprint density at radius 3 is 2.63 bits per heavy atom. The number of hydrogen-bond donors (Lipinski definition) is 1. The number of benzene rings is 3. The van der Waals surface area contributed by atoms with Crippen LogP contribution in [0.2, 0.25) is 5.02 Å². The number of imidazole rings is 1. The summed E-state index contributed by atoms with van der Waals surface area (Å²) >= 11 is 7.67. The number of carbonyl (C=O) groups excluding carboxylic acids is 1. The largest absolute Gasteiger partial charge is 0.324 e. The van der Waals surface area contributed by atoms with Crippen molar-refractivity contribution in [1.82, 2.24) is 9.55 Å². The number of thioether (sulfide) groups is 1. The minimum Gasteiger partial charge on any atom is -0.324 e. The van der Waals surface area contributed by atoms with E-state index in [0.29, 0.717) is 17.3 Å². The van der Waals surface area contributed by atoms with E-state index in [0.717, 1.165) is 21.8 Å². The molecule has 4 nitrogen and oxygen atoms in total. The summed E-state index contributed by atoms with van der Waals surface area (Å²) in [6, 6.07) is 22.0. The number of halogens is 1. The lowest BCUT2D eigenvalue weighted by Crippen LogP contribution is -2.15. The average molecular weight is 436 g/mol. The second-order valence-corrected chi connectivity index (χ2v) is 8.57. The van der Waals surface area contributed by atoms with Crippen molar-refractivity contribution in [2.45, 2.75) is 25.5 Å². The molecule has 0 bridgehead atoms. The van der Waals surface area contributed by atoms with Crippen LogP contribution in [0.15, 0.2) is 71.9 Å². The van der Waals surface area contributed by atoms with Crippen molar-refractivity contribution >= 4 is 46.0 Å². The van der Waals surface area contributed by atoms with Crippen molar-refractivity contribution < 1.29 is 4.79 Å². The van der Waals surface area contributed by atoms with Crippen molar-refractivity contribution in [2.24, 2.45) is 0 Å². The summed E-state index contributed by atoms with van der Waals surface area (Å²) in [4.78, 5) is 17.3. The minimum atomic E-state index is -0.111. The van der Waals surface area contributed by atoms with E-state index < -0.39 is 0 Å². The van der Waals surface area contributed by atoms with Crippen LogP contribution in [0.1, 0.15) is 16.7 Å². The predicted octanol–water partition coefficient (Wildman–Crippen LogP) is 6.09. The van der Waals surface area contributed by atoms with Gasteiger partial charge in [-0.1, -0.05) is 65.8 Å². The van der Waals surface area contributed by atoms with Gasteiger partial charge in [-0.25, -0.2) is 4.98 Å². The molecule has 1 heterocycles. The fraction of sp³-hybridized carbons (Fsp3) is 0.167. The zero-order valence-electron chi connectivity index (χ0n) is 16.9. The van der Waals surface area contributed by atoms with E-state index in [-0.39, 0.29) is 11.7 Å². The summed E-state index contributed by atoms with van der Waals surface area (Å²) in [6.45, 7) is 4.78. The van der Waals surface area contributed by atoms with E-state index in [2.05, 4.69) is 35.0 Å². The summed E-state index contributed by atoms with van der Waals surface area (Å²) in [5, 5.41) is 4.26. The molecule has 0 aliphatic heterocycles. The SMILES string of the molecule is Cc1ccc(NC(=O)CSc2nc3ccccc3n2Cc2ccccc2C)c(Cl)c1. The molecule has 30 heavy (non-hydrogen) atoms. The maximum Gasteiger partial charge on any atom is 0.234 e. The number of nitrogens with zero attached hydrogens (tertiary/aromatic N) is 2. The highest BCUT2D eigenvalue weighted by Gasteiger charge is 2.14. The van der Waals surface area contributed by atoms with Gasteiger partial charge in [-0.05, 0) is 54.8 Å². The third-order valence-electron chi connectivity index (χ3n) is 4.94. The second-order valence-electron chi connectivity index (χ2n) is 7.22. The first-order chi connectivity index (χ1) is 14.5. The zero-order chi connectivity index (χ0) is 21.1. The predicted molar refractivity (Wildman–Crippen MR) is 126 cm³/mol. The number of rotatable bonds is 6. The molecular weight excluding hydrogens is 414 g/mol. The fourth-order valence-corrected chi connectivity index (χ4v) is 4.41. The Hall–Kier alpha value is -2.76. The first-order valence-electron chi connectivity index (χ1n) is 9.70. The first-order valence-corrected chi connectivity index (χ1v) is 11.1. The van der Waals surface area contributed by atoms with E-state index >= 15 is 0 Å². The van der Waals surface area contributed by atoms with Gasteiger partial charge in [-0.15, -0.1) is 0 Å². The zero-order valence-corrected chi connectivity index (χ0v) is 18.4. The van der Waals surface area contributed by atoms with Gasteiger partial charge in [0.15, 0.2) is 5.16 Å². The number of aryl methyl sites for hydroxylation is 2. The molecule has 0 saturated carbocycles. The maximum atomic E-state index is 12.5. The Balaban J connectivity index is 1.55. The molecule has 0 spiro atoms. The lowest BCUT2D eigenvalue weighted by molar-refractivity contribution is -0.113. The number of para-hydroxylation sites is 2. The van der Waals surface area contributed by atoms with Gasteiger partial charge < -0.3 is 9.88 Å². The number of anilines is 1. The van der Waals surface area contributed by atoms with Gasteiger partial charge in [0.25, 0.3) is 0 Å². The number of hydrogen-bond acceptors (Lipinski definition) is 3. The van der Waals surface area contributed by atoms with Crippen molar-refractivity contribution in [1.29, 1.82) is 0 Å². The number of carbonyl (C=O) groups is 1. The van der Waals surface area contributed by atoms with Gasteiger partial charge in [0, 0.05) is 0 Å². The summed E-state index contributed by atoms with van der Waals surface area (Å²) in [5.74, 6) is 0.140. The Bertz CT molecular complexity index is 1220. The minimum absolute atomic E-state index is 0.111. The van der Waals surface area contributed by atoms with Gasteiger partial charge in [-0.2, -0.15) is 0 Å². The normalized spacial score (nSPS) is 11.0. The summed E-state index contributed by atoms with van der Waals surface area (Å²) < 4.78 is 2.18. The fourth-order valence-electron chi connectivity index (χ4n) is 3.31. The Labute approximate surface area is 185 Å². The van der Waals surface area contributed by atoms with E-state index in [1.54, 1.807) is 0 Å². The van der Waals surface area contributed by atoms with Crippen LogP contribution in [0, 0.1) is 13.8 Å². The van der Waals surface area contributed by atoms with Gasteiger partial charge in [0.05, 0.1) is 34.0 Å². The van der Waals surface area contributed by atoms with Gasteiger partial charge in [-0.3, -0.25) is 4.79 Å².